The number of rotatable bonds is 4. The third-order valence-corrected chi connectivity index (χ3v) is 3.38. The Morgan fingerprint density at radius 3 is 2.61 bits per heavy atom. The molecule has 1 saturated heterocycles. The highest BCUT2D eigenvalue weighted by Gasteiger charge is 2.19. The Morgan fingerprint density at radius 2 is 2.00 bits per heavy atom. The predicted octanol–water partition coefficient (Wildman–Crippen LogP) is 0.942. The summed E-state index contributed by atoms with van der Waals surface area (Å²) in [6.07, 6.45) is 2.31. The number of aromatic nitrogens is 3. The van der Waals surface area contributed by atoms with Crippen molar-refractivity contribution in [2.24, 2.45) is 0 Å². The number of hydrogen-bond donors (Lipinski definition) is 1. The number of likely N-dealkylation sites (N-methyl/N-ethyl adjacent to an activating group) is 1. The molecule has 0 radical (unpaired) electrons. The standard InChI is InChI=1S/C11H18ClN5O/c1-8(7-18)16(2)10-13-9(12)14-11(15-10)17-5-3-4-6-17/h8,18H,3-7H2,1-2H3. The summed E-state index contributed by atoms with van der Waals surface area (Å²) in [5.41, 5.74) is 0. The van der Waals surface area contributed by atoms with Crippen LogP contribution in [0.15, 0.2) is 0 Å². The minimum Gasteiger partial charge on any atom is -0.394 e. The number of hydrogen-bond acceptors (Lipinski definition) is 6. The third kappa shape index (κ3) is 2.81. The molecule has 2 rings (SSSR count). The Hall–Kier alpha value is -1.14. The fraction of sp³-hybridized carbons (Fsp3) is 0.727. The zero-order chi connectivity index (χ0) is 13.1. The number of aliphatic hydroxyl groups is 1. The molecule has 1 aliphatic heterocycles. The number of anilines is 2. The maximum absolute atomic E-state index is 9.16. The van der Waals surface area contributed by atoms with Crippen molar-refractivity contribution >= 4 is 23.5 Å². The van der Waals surface area contributed by atoms with Gasteiger partial charge < -0.3 is 14.9 Å². The van der Waals surface area contributed by atoms with Crippen molar-refractivity contribution < 1.29 is 5.11 Å². The fourth-order valence-electron chi connectivity index (χ4n) is 1.87. The van der Waals surface area contributed by atoms with Crippen LogP contribution in [0.2, 0.25) is 5.28 Å². The lowest BCUT2D eigenvalue weighted by molar-refractivity contribution is 0.269. The molecule has 0 amide bonds. The van der Waals surface area contributed by atoms with E-state index >= 15 is 0 Å². The van der Waals surface area contributed by atoms with Crippen molar-refractivity contribution in [3.8, 4) is 0 Å². The maximum atomic E-state index is 9.16. The van der Waals surface area contributed by atoms with E-state index in [1.807, 2.05) is 14.0 Å². The van der Waals surface area contributed by atoms with Crippen LogP contribution in [0.1, 0.15) is 19.8 Å². The van der Waals surface area contributed by atoms with Crippen LogP contribution in [0.3, 0.4) is 0 Å². The van der Waals surface area contributed by atoms with Crippen LogP contribution in [0.5, 0.6) is 0 Å². The minimum absolute atomic E-state index is 0.0405. The van der Waals surface area contributed by atoms with Gasteiger partial charge >= 0.3 is 0 Å². The lowest BCUT2D eigenvalue weighted by atomic mass is 10.3. The first kappa shape index (κ1) is 13.3. The monoisotopic (exact) mass is 271 g/mol. The minimum atomic E-state index is -0.0603. The van der Waals surface area contributed by atoms with Crippen molar-refractivity contribution in [2.75, 3.05) is 36.5 Å². The highest BCUT2D eigenvalue weighted by molar-refractivity contribution is 6.28. The van der Waals surface area contributed by atoms with Gasteiger partial charge in [-0.1, -0.05) is 0 Å². The second-order valence-electron chi connectivity index (χ2n) is 4.54. The van der Waals surface area contributed by atoms with E-state index in [1.165, 1.54) is 0 Å². The van der Waals surface area contributed by atoms with Gasteiger partial charge in [0, 0.05) is 20.1 Å². The van der Waals surface area contributed by atoms with Crippen molar-refractivity contribution in [3.05, 3.63) is 5.28 Å². The summed E-state index contributed by atoms with van der Waals surface area (Å²) in [6, 6.07) is -0.0603. The average molecular weight is 272 g/mol. The smallest absolute Gasteiger partial charge is 0.231 e. The SMILES string of the molecule is CC(CO)N(C)c1nc(Cl)nc(N2CCCC2)n1. The first-order valence-corrected chi connectivity index (χ1v) is 6.50. The maximum Gasteiger partial charge on any atom is 0.231 e. The van der Waals surface area contributed by atoms with E-state index in [-0.39, 0.29) is 17.9 Å². The summed E-state index contributed by atoms with van der Waals surface area (Å²) < 4.78 is 0. The first-order chi connectivity index (χ1) is 8.61. The van der Waals surface area contributed by atoms with Gasteiger partial charge in [-0.05, 0) is 31.4 Å². The molecule has 7 heteroatoms. The van der Waals surface area contributed by atoms with Gasteiger partial charge in [0.25, 0.3) is 0 Å². The molecule has 0 saturated carbocycles. The van der Waals surface area contributed by atoms with Crippen molar-refractivity contribution in [1.29, 1.82) is 0 Å². The summed E-state index contributed by atoms with van der Waals surface area (Å²) in [4.78, 5) is 16.6. The zero-order valence-corrected chi connectivity index (χ0v) is 11.4. The first-order valence-electron chi connectivity index (χ1n) is 6.12. The van der Waals surface area contributed by atoms with Crippen molar-refractivity contribution in [3.63, 3.8) is 0 Å². The molecule has 0 bridgehead atoms. The molecule has 1 atom stereocenters. The second kappa shape index (κ2) is 5.67. The Kier molecular flexibility index (Phi) is 4.19. The van der Waals surface area contributed by atoms with Crippen LogP contribution in [0.25, 0.3) is 0 Å². The predicted molar refractivity (Wildman–Crippen MR) is 71.2 cm³/mol. The highest BCUT2D eigenvalue weighted by Crippen LogP contribution is 2.20. The number of aliphatic hydroxyl groups excluding tert-OH is 1. The molecule has 1 aliphatic rings. The van der Waals surface area contributed by atoms with Crippen molar-refractivity contribution in [2.45, 2.75) is 25.8 Å². The number of nitrogens with zero attached hydrogens (tertiary/aromatic N) is 5. The van der Waals surface area contributed by atoms with E-state index < -0.39 is 0 Å². The molecule has 1 aromatic heterocycles. The van der Waals surface area contributed by atoms with Gasteiger partial charge in [-0.25, -0.2) is 0 Å². The molecular weight excluding hydrogens is 254 g/mol. The molecule has 0 aromatic carbocycles. The zero-order valence-electron chi connectivity index (χ0n) is 10.7. The molecule has 0 spiro atoms. The second-order valence-corrected chi connectivity index (χ2v) is 4.88. The topological polar surface area (TPSA) is 65.4 Å². The Bertz CT molecular complexity index is 410. The van der Waals surface area contributed by atoms with E-state index in [1.54, 1.807) is 4.90 Å². The largest absolute Gasteiger partial charge is 0.394 e. The van der Waals surface area contributed by atoms with Gasteiger partial charge in [0.05, 0.1) is 12.6 Å². The summed E-state index contributed by atoms with van der Waals surface area (Å²) in [5.74, 6) is 1.12. The van der Waals surface area contributed by atoms with E-state index in [9.17, 15) is 0 Å². The fourth-order valence-corrected chi connectivity index (χ4v) is 2.02. The van der Waals surface area contributed by atoms with Crippen LogP contribution in [-0.2, 0) is 0 Å². The molecule has 1 unspecified atom stereocenters. The van der Waals surface area contributed by atoms with E-state index in [0.717, 1.165) is 25.9 Å². The Labute approximate surface area is 112 Å². The van der Waals surface area contributed by atoms with Gasteiger partial charge in [0.15, 0.2) is 0 Å². The average Bonchev–Trinajstić information content (AvgIpc) is 2.90. The Morgan fingerprint density at radius 1 is 1.33 bits per heavy atom. The van der Waals surface area contributed by atoms with Gasteiger partial charge in [0.2, 0.25) is 17.2 Å². The summed E-state index contributed by atoms with van der Waals surface area (Å²) >= 11 is 5.94. The van der Waals surface area contributed by atoms with Crippen LogP contribution in [0.4, 0.5) is 11.9 Å². The molecular formula is C11H18ClN5O. The molecule has 1 fully saturated rings. The molecule has 6 nitrogen and oxygen atoms in total. The van der Waals surface area contributed by atoms with E-state index in [2.05, 4.69) is 19.9 Å². The molecule has 2 heterocycles. The normalized spacial score (nSPS) is 17.0. The van der Waals surface area contributed by atoms with E-state index in [0.29, 0.717) is 11.9 Å². The van der Waals surface area contributed by atoms with E-state index in [4.69, 9.17) is 16.7 Å². The molecule has 1 N–H and O–H groups in total. The van der Waals surface area contributed by atoms with Crippen LogP contribution >= 0.6 is 11.6 Å². The summed E-state index contributed by atoms with van der Waals surface area (Å²) in [5, 5.41) is 9.35. The van der Waals surface area contributed by atoms with Gasteiger partial charge in [-0.15, -0.1) is 0 Å². The van der Waals surface area contributed by atoms with Gasteiger partial charge in [0.1, 0.15) is 0 Å². The number of halogens is 1. The van der Waals surface area contributed by atoms with Crippen LogP contribution in [0, 0.1) is 0 Å². The third-order valence-electron chi connectivity index (χ3n) is 3.21. The van der Waals surface area contributed by atoms with Crippen LogP contribution in [-0.4, -0.2) is 52.8 Å². The quantitative estimate of drug-likeness (QED) is 0.879. The summed E-state index contributed by atoms with van der Waals surface area (Å²) in [6.45, 7) is 3.85. The van der Waals surface area contributed by atoms with Gasteiger partial charge in [-0.2, -0.15) is 15.0 Å². The molecule has 100 valence electrons. The highest BCUT2D eigenvalue weighted by atomic mass is 35.5. The molecule has 0 aliphatic carbocycles. The van der Waals surface area contributed by atoms with Crippen LogP contribution < -0.4 is 9.80 Å². The lowest BCUT2D eigenvalue weighted by Crippen LogP contribution is -2.34. The molecule has 18 heavy (non-hydrogen) atoms. The lowest BCUT2D eigenvalue weighted by Gasteiger charge is -2.24. The Balaban J connectivity index is 2.25. The van der Waals surface area contributed by atoms with Crippen molar-refractivity contribution in [1.82, 2.24) is 15.0 Å². The molecule has 1 aromatic rings. The van der Waals surface area contributed by atoms with Gasteiger partial charge in [-0.3, -0.25) is 0 Å². The summed E-state index contributed by atoms with van der Waals surface area (Å²) in [7, 11) is 1.83.